The van der Waals surface area contributed by atoms with Crippen LogP contribution >= 0.6 is 0 Å². The number of fused-ring (bicyclic) bond motifs is 1. The number of hydrogen-bond donors (Lipinski definition) is 2. The highest BCUT2D eigenvalue weighted by molar-refractivity contribution is 7.92. The molecular formula is C23H21N3O5S. The molecule has 4 rings (SSSR count). The molecule has 0 radical (unpaired) electrons. The Kier molecular flexibility index (Phi) is 5.43. The summed E-state index contributed by atoms with van der Waals surface area (Å²) >= 11 is 0. The zero-order valence-electron chi connectivity index (χ0n) is 17.5. The molecule has 0 saturated carbocycles. The second-order valence-electron chi connectivity index (χ2n) is 7.97. The Morgan fingerprint density at radius 1 is 1.06 bits per heavy atom. The minimum absolute atomic E-state index is 0.0280. The van der Waals surface area contributed by atoms with Crippen molar-refractivity contribution in [2.45, 2.75) is 30.8 Å². The van der Waals surface area contributed by atoms with Crippen LogP contribution in [0.3, 0.4) is 0 Å². The van der Waals surface area contributed by atoms with Gasteiger partial charge in [-0.3, -0.25) is 14.3 Å². The number of anilines is 2. The maximum Gasteiger partial charge on any atom is 0.263 e. The molecule has 8 nitrogen and oxygen atoms in total. The molecule has 0 fully saturated rings. The number of rotatable bonds is 5. The summed E-state index contributed by atoms with van der Waals surface area (Å²) < 4.78 is 33.2. The Balaban J connectivity index is 1.48. The topological polar surface area (TPSA) is 114 Å². The van der Waals surface area contributed by atoms with Gasteiger partial charge in [0.25, 0.3) is 15.9 Å². The van der Waals surface area contributed by atoms with E-state index < -0.39 is 21.5 Å². The van der Waals surface area contributed by atoms with Crippen LogP contribution in [-0.2, 0) is 10.0 Å². The quantitative estimate of drug-likeness (QED) is 0.608. The minimum atomic E-state index is -3.81. The molecule has 2 heterocycles. The van der Waals surface area contributed by atoms with Crippen LogP contribution in [-0.4, -0.2) is 30.7 Å². The fraction of sp³-hybridized carbons (Fsp3) is 0.174. The average molecular weight is 452 g/mol. The van der Waals surface area contributed by atoms with Gasteiger partial charge in [0, 0.05) is 17.4 Å². The van der Waals surface area contributed by atoms with E-state index in [1.165, 1.54) is 36.5 Å². The van der Waals surface area contributed by atoms with Crippen molar-refractivity contribution in [2.75, 3.05) is 10.0 Å². The van der Waals surface area contributed by atoms with Crippen molar-refractivity contribution in [3.63, 3.8) is 0 Å². The number of carbonyl (C=O) groups excluding carboxylic acids is 2. The second kappa shape index (κ2) is 8.08. The first-order valence-corrected chi connectivity index (χ1v) is 11.3. The summed E-state index contributed by atoms with van der Waals surface area (Å²) in [5.74, 6) is 0.158. The zero-order valence-corrected chi connectivity index (χ0v) is 18.3. The van der Waals surface area contributed by atoms with Crippen molar-refractivity contribution in [1.82, 2.24) is 4.98 Å². The van der Waals surface area contributed by atoms with Crippen molar-refractivity contribution in [3.05, 3.63) is 78.0 Å². The molecule has 0 atom stereocenters. The summed E-state index contributed by atoms with van der Waals surface area (Å²) in [4.78, 5) is 29.0. The van der Waals surface area contributed by atoms with Gasteiger partial charge in [-0.2, -0.15) is 0 Å². The van der Waals surface area contributed by atoms with Gasteiger partial charge < -0.3 is 10.1 Å². The number of aromatic nitrogens is 1. The van der Waals surface area contributed by atoms with Crippen molar-refractivity contribution in [1.29, 1.82) is 0 Å². The summed E-state index contributed by atoms with van der Waals surface area (Å²) in [5.41, 5.74) is 0.502. The standard InChI is InChI=1S/C23H21N3O5S/c1-23(2)14-19(27)18-13-15(6-11-20(18)31-23)22(28)25-16-7-9-17(10-8-16)32(29,30)26-21-5-3-4-12-24-21/h3-13H,14H2,1-2H3,(H,24,26)(H,25,28). The van der Waals surface area contributed by atoms with Crippen LogP contribution in [0.2, 0.25) is 0 Å². The SMILES string of the molecule is CC1(C)CC(=O)c2cc(C(=O)Nc3ccc(S(=O)(=O)Nc4ccccn4)cc3)ccc2O1. The molecule has 0 saturated heterocycles. The lowest BCUT2D eigenvalue weighted by molar-refractivity contribution is 0.0620. The minimum Gasteiger partial charge on any atom is -0.487 e. The molecule has 2 N–H and O–H groups in total. The third-order valence-corrected chi connectivity index (χ3v) is 6.21. The van der Waals surface area contributed by atoms with Crippen molar-refractivity contribution >= 4 is 33.2 Å². The molecule has 1 aliphatic heterocycles. The number of nitrogens with one attached hydrogen (secondary N) is 2. The van der Waals surface area contributed by atoms with E-state index in [4.69, 9.17) is 4.74 Å². The van der Waals surface area contributed by atoms with Crippen molar-refractivity contribution < 1.29 is 22.7 Å². The van der Waals surface area contributed by atoms with E-state index in [-0.39, 0.29) is 22.9 Å². The summed E-state index contributed by atoms with van der Waals surface area (Å²) in [7, 11) is -3.81. The fourth-order valence-electron chi connectivity index (χ4n) is 3.33. The number of ketones is 1. The highest BCUT2D eigenvalue weighted by Crippen LogP contribution is 2.33. The Morgan fingerprint density at radius 2 is 1.81 bits per heavy atom. The number of nitrogens with zero attached hydrogens (tertiary/aromatic N) is 1. The summed E-state index contributed by atoms with van der Waals surface area (Å²) in [6.45, 7) is 3.68. The molecule has 0 spiro atoms. The normalized spacial score (nSPS) is 14.8. The number of hydrogen-bond acceptors (Lipinski definition) is 6. The number of ether oxygens (including phenoxy) is 1. The second-order valence-corrected chi connectivity index (χ2v) is 9.65. The Hall–Kier alpha value is -3.72. The smallest absolute Gasteiger partial charge is 0.263 e. The lowest BCUT2D eigenvalue weighted by atomic mass is 9.92. The lowest BCUT2D eigenvalue weighted by Crippen LogP contribution is -2.36. The molecule has 1 aliphatic rings. The maximum atomic E-state index is 12.7. The van der Waals surface area contributed by atoms with Gasteiger partial charge in [-0.15, -0.1) is 0 Å². The molecule has 0 unspecified atom stereocenters. The number of Topliss-reactive ketones (excluding diaryl/α,β-unsaturated/α-hetero) is 1. The summed E-state index contributed by atoms with van der Waals surface area (Å²) in [6.07, 6.45) is 1.71. The predicted octanol–water partition coefficient (Wildman–Crippen LogP) is 3.88. The first-order chi connectivity index (χ1) is 15.1. The van der Waals surface area contributed by atoms with E-state index >= 15 is 0 Å². The number of carbonyl (C=O) groups is 2. The molecule has 0 bridgehead atoms. The van der Waals surface area contributed by atoms with Gasteiger partial charge in [-0.25, -0.2) is 13.4 Å². The van der Waals surface area contributed by atoms with Crippen LogP contribution in [0.1, 0.15) is 41.0 Å². The van der Waals surface area contributed by atoms with Gasteiger partial charge in [0.2, 0.25) is 0 Å². The van der Waals surface area contributed by atoms with E-state index in [1.54, 1.807) is 30.3 Å². The van der Waals surface area contributed by atoms with Crippen LogP contribution < -0.4 is 14.8 Å². The van der Waals surface area contributed by atoms with Gasteiger partial charge in [-0.1, -0.05) is 6.07 Å². The number of sulfonamides is 1. The molecule has 164 valence electrons. The van der Waals surface area contributed by atoms with E-state index in [0.29, 0.717) is 22.6 Å². The highest BCUT2D eigenvalue weighted by Gasteiger charge is 2.32. The molecule has 3 aromatic rings. The fourth-order valence-corrected chi connectivity index (χ4v) is 4.34. The first kappa shape index (κ1) is 21.5. The average Bonchev–Trinajstić information content (AvgIpc) is 2.73. The van der Waals surface area contributed by atoms with Crippen molar-refractivity contribution in [3.8, 4) is 5.75 Å². The molecule has 0 aliphatic carbocycles. The van der Waals surface area contributed by atoms with Gasteiger partial charge in [-0.05, 0) is 68.4 Å². The largest absolute Gasteiger partial charge is 0.487 e. The van der Waals surface area contributed by atoms with Crippen molar-refractivity contribution in [2.24, 2.45) is 0 Å². The van der Waals surface area contributed by atoms with E-state index in [2.05, 4.69) is 15.0 Å². The Morgan fingerprint density at radius 3 is 2.50 bits per heavy atom. The van der Waals surface area contributed by atoms with Crippen LogP contribution in [0.15, 0.2) is 71.8 Å². The molecule has 1 amide bonds. The van der Waals surface area contributed by atoms with Gasteiger partial charge in [0.15, 0.2) is 5.78 Å². The summed E-state index contributed by atoms with van der Waals surface area (Å²) in [6, 6.07) is 15.3. The maximum absolute atomic E-state index is 12.7. The van der Waals surface area contributed by atoms with Gasteiger partial charge in [0.1, 0.15) is 17.2 Å². The number of pyridine rings is 1. The third kappa shape index (κ3) is 4.62. The number of amides is 1. The van der Waals surface area contributed by atoms with Crippen LogP contribution in [0, 0.1) is 0 Å². The Labute approximate surface area is 185 Å². The zero-order chi connectivity index (χ0) is 22.9. The van der Waals surface area contributed by atoms with E-state index in [1.807, 2.05) is 13.8 Å². The van der Waals surface area contributed by atoms with Gasteiger partial charge >= 0.3 is 0 Å². The highest BCUT2D eigenvalue weighted by atomic mass is 32.2. The monoisotopic (exact) mass is 451 g/mol. The number of benzene rings is 2. The molecule has 32 heavy (non-hydrogen) atoms. The Bertz CT molecular complexity index is 1290. The van der Waals surface area contributed by atoms with Crippen LogP contribution in [0.5, 0.6) is 5.75 Å². The summed E-state index contributed by atoms with van der Waals surface area (Å²) in [5, 5.41) is 2.71. The molecule has 2 aromatic carbocycles. The van der Waals surface area contributed by atoms with Crippen LogP contribution in [0.25, 0.3) is 0 Å². The molecular weight excluding hydrogens is 430 g/mol. The lowest BCUT2D eigenvalue weighted by Gasteiger charge is -2.31. The van der Waals surface area contributed by atoms with E-state index in [0.717, 1.165) is 0 Å². The first-order valence-electron chi connectivity index (χ1n) is 9.85. The third-order valence-electron chi connectivity index (χ3n) is 4.84. The molecule has 1 aromatic heterocycles. The van der Waals surface area contributed by atoms with Crippen LogP contribution in [0.4, 0.5) is 11.5 Å². The predicted molar refractivity (Wildman–Crippen MR) is 120 cm³/mol. The van der Waals surface area contributed by atoms with E-state index in [9.17, 15) is 18.0 Å². The van der Waals surface area contributed by atoms with Gasteiger partial charge in [0.05, 0.1) is 16.9 Å². The molecule has 9 heteroatoms.